The van der Waals surface area contributed by atoms with Crippen LogP contribution < -0.4 is 4.74 Å². The second-order valence-electron chi connectivity index (χ2n) is 3.14. The fraction of sp³-hybridized carbons (Fsp3) is 0.500. The van der Waals surface area contributed by atoms with Crippen molar-refractivity contribution in [3.63, 3.8) is 0 Å². The summed E-state index contributed by atoms with van der Waals surface area (Å²) >= 11 is 5.79. The summed E-state index contributed by atoms with van der Waals surface area (Å²) < 4.78 is 10.8. The molecule has 0 heterocycles. The highest BCUT2D eigenvalue weighted by Gasteiger charge is 2.00. The van der Waals surface area contributed by atoms with Crippen molar-refractivity contribution in [3.8, 4) is 5.75 Å². The average molecular weight is 229 g/mol. The second kappa shape index (κ2) is 7.55. The molecule has 1 aromatic carbocycles. The molecule has 3 heteroatoms. The van der Waals surface area contributed by atoms with Crippen LogP contribution in [0.5, 0.6) is 5.75 Å². The molecule has 0 amide bonds. The van der Waals surface area contributed by atoms with Gasteiger partial charge in [0.25, 0.3) is 0 Å². The molecule has 0 aromatic heterocycles. The highest BCUT2D eigenvalue weighted by atomic mass is 35.5. The van der Waals surface area contributed by atoms with Gasteiger partial charge in [0.15, 0.2) is 0 Å². The molecule has 0 bridgehead atoms. The number of para-hydroxylation sites is 1. The Morgan fingerprint density at radius 3 is 2.73 bits per heavy atom. The molecule has 0 N–H and O–H groups in total. The van der Waals surface area contributed by atoms with Crippen LogP contribution in [0.2, 0.25) is 0 Å². The van der Waals surface area contributed by atoms with Gasteiger partial charge in [-0.2, -0.15) is 0 Å². The van der Waals surface area contributed by atoms with Crippen molar-refractivity contribution in [1.29, 1.82) is 0 Å². The summed E-state index contributed by atoms with van der Waals surface area (Å²) in [4.78, 5) is 0. The first-order valence-electron chi connectivity index (χ1n) is 5.23. The Kier molecular flexibility index (Phi) is 6.21. The van der Waals surface area contributed by atoms with Crippen molar-refractivity contribution < 1.29 is 9.47 Å². The topological polar surface area (TPSA) is 18.5 Å². The molecule has 0 unspecified atom stereocenters. The van der Waals surface area contributed by atoms with E-state index in [-0.39, 0.29) is 0 Å². The van der Waals surface area contributed by atoms with Gasteiger partial charge in [-0.3, -0.25) is 0 Å². The molecule has 0 fully saturated rings. The molecular formula is C12H17ClO2. The van der Waals surface area contributed by atoms with Crippen LogP contribution in [0.4, 0.5) is 0 Å². The van der Waals surface area contributed by atoms with Crippen molar-refractivity contribution in [2.24, 2.45) is 0 Å². The second-order valence-corrected chi connectivity index (χ2v) is 3.41. The summed E-state index contributed by atoms with van der Waals surface area (Å²) in [6.07, 6.45) is 0.907. The van der Waals surface area contributed by atoms with Crippen LogP contribution >= 0.6 is 11.6 Å². The van der Waals surface area contributed by atoms with E-state index in [4.69, 9.17) is 21.1 Å². The fourth-order valence-corrected chi connectivity index (χ4v) is 1.46. The Morgan fingerprint density at radius 2 is 2.00 bits per heavy atom. The number of benzene rings is 1. The SMILES string of the molecule is CCOCCCOc1ccccc1CCl. The van der Waals surface area contributed by atoms with Gasteiger partial charge < -0.3 is 9.47 Å². The van der Waals surface area contributed by atoms with Crippen LogP contribution in [0.25, 0.3) is 0 Å². The van der Waals surface area contributed by atoms with Crippen molar-refractivity contribution in [2.75, 3.05) is 19.8 Å². The summed E-state index contributed by atoms with van der Waals surface area (Å²) in [5.74, 6) is 1.37. The van der Waals surface area contributed by atoms with Crippen molar-refractivity contribution >= 4 is 11.6 Å². The predicted molar refractivity (Wildman–Crippen MR) is 62.6 cm³/mol. The third kappa shape index (κ3) is 4.54. The first kappa shape index (κ1) is 12.3. The zero-order valence-corrected chi connectivity index (χ0v) is 9.80. The first-order chi connectivity index (χ1) is 7.38. The van der Waals surface area contributed by atoms with Crippen LogP contribution in [-0.2, 0) is 10.6 Å². The summed E-state index contributed by atoms with van der Waals surface area (Å²) in [5.41, 5.74) is 1.04. The fourth-order valence-electron chi connectivity index (χ4n) is 1.24. The largest absolute Gasteiger partial charge is 0.493 e. The number of ether oxygens (including phenoxy) is 2. The highest BCUT2D eigenvalue weighted by molar-refractivity contribution is 6.17. The van der Waals surface area contributed by atoms with Gasteiger partial charge in [-0.1, -0.05) is 18.2 Å². The molecule has 0 atom stereocenters. The van der Waals surface area contributed by atoms with Gasteiger partial charge in [-0.05, 0) is 13.0 Å². The summed E-state index contributed by atoms with van der Waals surface area (Å²) in [7, 11) is 0. The molecule has 2 nitrogen and oxygen atoms in total. The van der Waals surface area contributed by atoms with Gasteiger partial charge in [0.05, 0.1) is 12.5 Å². The van der Waals surface area contributed by atoms with E-state index in [0.717, 1.165) is 30.9 Å². The Bertz CT molecular complexity index is 276. The molecule has 0 saturated heterocycles. The van der Waals surface area contributed by atoms with Crippen LogP contribution in [-0.4, -0.2) is 19.8 Å². The smallest absolute Gasteiger partial charge is 0.123 e. The molecule has 84 valence electrons. The van der Waals surface area contributed by atoms with E-state index in [1.165, 1.54) is 0 Å². The van der Waals surface area contributed by atoms with Crippen LogP contribution in [0.15, 0.2) is 24.3 Å². The maximum Gasteiger partial charge on any atom is 0.123 e. The highest BCUT2D eigenvalue weighted by Crippen LogP contribution is 2.19. The monoisotopic (exact) mass is 228 g/mol. The van der Waals surface area contributed by atoms with Gasteiger partial charge in [0.2, 0.25) is 0 Å². The van der Waals surface area contributed by atoms with Gasteiger partial charge in [-0.25, -0.2) is 0 Å². The summed E-state index contributed by atoms with van der Waals surface area (Å²) in [6.45, 7) is 4.18. The third-order valence-electron chi connectivity index (χ3n) is 2.01. The molecule has 0 aliphatic carbocycles. The number of halogens is 1. The van der Waals surface area contributed by atoms with Gasteiger partial charge >= 0.3 is 0 Å². The number of alkyl halides is 1. The van der Waals surface area contributed by atoms with Crippen LogP contribution in [0.3, 0.4) is 0 Å². The molecule has 0 saturated carbocycles. The molecule has 0 spiro atoms. The molecular weight excluding hydrogens is 212 g/mol. The maximum atomic E-state index is 5.79. The summed E-state index contributed by atoms with van der Waals surface area (Å²) in [6, 6.07) is 7.84. The molecule has 0 aliphatic heterocycles. The van der Waals surface area contributed by atoms with E-state index in [1.807, 2.05) is 31.2 Å². The maximum absolute atomic E-state index is 5.79. The van der Waals surface area contributed by atoms with E-state index in [9.17, 15) is 0 Å². The zero-order valence-electron chi connectivity index (χ0n) is 9.04. The Hall–Kier alpha value is -0.730. The quantitative estimate of drug-likeness (QED) is 0.527. The predicted octanol–water partition coefficient (Wildman–Crippen LogP) is 3.23. The summed E-state index contributed by atoms with van der Waals surface area (Å²) in [5, 5.41) is 0. The lowest BCUT2D eigenvalue weighted by molar-refractivity contribution is 0.130. The minimum atomic E-state index is 0.488. The lowest BCUT2D eigenvalue weighted by Gasteiger charge is -2.09. The van der Waals surface area contributed by atoms with Crippen molar-refractivity contribution in [3.05, 3.63) is 29.8 Å². The van der Waals surface area contributed by atoms with E-state index < -0.39 is 0 Å². The molecule has 1 rings (SSSR count). The standard InChI is InChI=1S/C12H17ClO2/c1-2-14-8-5-9-15-12-7-4-3-6-11(12)10-13/h3-4,6-7H,2,5,8-10H2,1H3. The normalized spacial score (nSPS) is 10.3. The zero-order chi connectivity index (χ0) is 10.9. The minimum absolute atomic E-state index is 0.488. The Balaban J connectivity index is 2.30. The molecule has 0 radical (unpaired) electrons. The lowest BCUT2D eigenvalue weighted by atomic mass is 10.2. The van der Waals surface area contributed by atoms with E-state index in [2.05, 4.69) is 0 Å². The molecule has 0 aliphatic rings. The average Bonchev–Trinajstić information content (AvgIpc) is 2.29. The lowest BCUT2D eigenvalue weighted by Crippen LogP contribution is -2.03. The Morgan fingerprint density at radius 1 is 1.20 bits per heavy atom. The molecule has 1 aromatic rings. The van der Waals surface area contributed by atoms with E-state index in [0.29, 0.717) is 12.5 Å². The number of rotatable bonds is 7. The van der Waals surface area contributed by atoms with Crippen molar-refractivity contribution in [2.45, 2.75) is 19.2 Å². The van der Waals surface area contributed by atoms with E-state index >= 15 is 0 Å². The Labute approximate surface area is 96.2 Å². The first-order valence-corrected chi connectivity index (χ1v) is 5.76. The van der Waals surface area contributed by atoms with Crippen LogP contribution in [0.1, 0.15) is 18.9 Å². The molecule has 15 heavy (non-hydrogen) atoms. The number of hydrogen-bond acceptors (Lipinski definition) is 2. The van der Waals surface area contributed by atoms with Gasteiger partial charge in [-0.15, -0.1) is 11.6 Å². The van der Waals surface area contributed by atoms with Gasteiger partial charge in [0, 0.05) is 25.2 Å². The van der Waals surface area contributed by atoms with E-state index in [1.54, 1.807) is 0 Å². The number of hydrogen-bond donors (Lipinski definition) is 0. The van der Waals surface area contributed by atoms with Crippen LogP contribution in [0, 0.1) is 0 Å². The minimum Gasteiger partial charge on any atom is -0.493 e. The van der Waals surface area contributed by atoms with Crippen molar-refractivity contribution in [1.82, 2.24) is 0 Å². The third-order valence-corrected chi connectivity index (χ3v) is 2.30. The van der Waals surface area contributed by atoms with Gasteiger partial charge in [0.1, 0.15) is 5.75 Å².